The highest BCUT2D eigenvalue weighted by molar-refractivity contribution is 9.10. The van der Waals surface area contributed by atoms with Crippen molar-refractivity contribution in [2.75, 3.05) is 13.1 Å². The van der Waals surface area contributed by atoms with Crippen molar-refractivity contribution in [1.29, 1.82) is 0 Å². The second-order valence-corrected chi connectivity index (χ2v) is 4.62. The number of hydrogen-bond donors (Lipinski definition) is 3. The van der Waals surface area contributed by atoms with Gasteiger partial charge in [0, 0.05) is 23.1 Å². The Balaban J connectivity index is 2.17. The van der Waals surface area contributed by atoms with E-state index in [2.05, 4.69) is 26.6 Å². The normalized spacial score (nSPS) is 9.83. The second kappa shape index (κ2) is 7.71. The third-order valence-corrected chi connectivity index (χ3v) is 2.80. The summed E-state index contributed by atoms with van der Waals surface area (Å²) in [5, 5.41) is 13.4. The lowest BCUT2D eigenvalue weighted by Crippen LogP contribution is -2.26. The van der Waals surface area contributed by atoms with Gasteiger partial charge in [0.05, 0.1) is 0 Å². The Hall–Kier alpha value is -1.56. The number of rotatable bonds is 6. The van der Waals surface area contributed by atoms with Gasteiger partial charge in [-0.1, -0.05) is 15.9 Å². The zero-order chi connectivity index (χ0) is 13.4. The zero-order valence-corrected chi connectivity index (χ0v) is 11.4. The SMILES string of the molecule is O=C(O)NCCCCNC(=O)c1ccc(Br)cc1. The summed E-state index contributed by atoms with van der Waals surface area (Å²) < 4.78 is 0.929. The lowest BCUT2D eigenvalue weighted by molar-refractivity contribution is 0.0952. The second-order valence-electron chi connectivity index (χ2n) is 3.70. The molecule has 0 aromatic heterocycles. The van der Waals surface area contributed by atoms with Gasteiger partial charge in [-0.2, -0.15) is 0 Å². The van der Waals surface area contributed by atoms with E-state index >= 15 is 0 Å². The minimum Gasteiger partial charge on any atom is -0.465 e. The van der Waals surface area contributed by atoms with E-state index in [0.29, 0.717) is 25.1 Å². The summed E-state index contributed by atoms with van der Waals surface area (Å²) in [6, 6.07) is 7.11. The maximum atomic E-state index is 11.7. The highest BCUT2D eigenvalue weighted by Crippen LogP contribution is 2.10. The van der Waals surface area contributed by atoms with Crippen LogP contribution in [0.3, 0.4) is 0 Å². The first-order valence-corrected chi connectivity index (χ1v) is 6.39. The molecule has 0 radical (unpaired) electrons. The van der Waals surface area contributed by atoms with E-state index < -0.39 is 6.09 Å². The van der Waals surface area contributed by atoms with Gasteiger partial charge in [0.15, 0.2) is 0 Å². The van der Waals surface area contributed by atoms with Crippen molar-refractivity contribution < 1.29 is 14.7 Å². The minimum absolute atomic E-state index is 0.117. The number of carboxylic acid groups (broad SMARTS) is 1. The molecule has 0 saturated heterocycles. The Morgan fingerprint density at radius 2 is 1.61 bits per heavy atom. The quantitative estimate of drug-likeness (QED) is 0.704. The monoisotopic (exact) mass is 314 g/mol. The first kappa shape index (κ1) is 14.5. The molecule has 1 rings (SSSR count). The molecule has 3 N–H and O–H groups in total. The van der Waals surface area contributed by atoms with Gasteiger partial charge in [-0.15, -0.1) is 0 Å². The maximum absolute atomic E-state index is 11.7. The molecule has 0 saturated carbocycles. The topological polar surface area (TPSA) is 78.4 Å². The van der Waals surface area contributed by atoms with E-state index in [4.69, 9.17) is 5.11 Å². The van der Waals surface area contributed by atoms with Gasteiger partial charge in [0.2, 0.25) is 0 Å². The molecule has 0 aliphatic carbocycles. The average molecular weight is 315 g/mol. The van der Waals surface area contributed by atoms with Crippen LogP contribution < -0.4 is 10.6 Å². The third-order valence-electron chi connectivity index (χ3n) is 2.27. The van der Waals surface area contributed by atoms with Crippen molar-refractivity contribution >= 4 is 27.9 Å². The van der Waals surface area contributed by atoms with Crippen LogP contribution in [0, 0.1) is 0 Å². The van der Waals surface area contributed by atoms with Crippen LogP contribution in [-0.4, -0.2) is 30.2 Å². The molecule has 0 aliphatic rings. The number of halogens is 1. The first-order valence-electron chi connectivity index (χ1n) is 5.60. The van der Waals surface area contributed by atoms with Crippen molar-refractivity contribution in [3.8, 4) is 0 Å². The number of hydrogen-bond acceptors (Lipinski definition) is 2. The predicted molar refractivity (Wildman–Crippen MR) is 71.7 cm³/mol. The van der Waals surface area contributed by atoms with Crippen molar-refractivity contribution in [2.45, 2.75) is 12.8 Å². The molecule has 1 aromatic carbocycles. The predicted octanol–water partition coefficient (Wildman–Crippen LogP) is 2.23. The Morgan fingerprint density at radius 3 is 2.17 bits per heavy atom. The Morgan fingerprint density at radius 1 is 1.06 bits per heavy atom. The maximum Gasteiger partial charge on any atom is 0.404 e. The molecule has 0 heterocycles. The molecule has 5 nitrogen and oxygen atoms in total. The lowest BCUT2D eigenvalue weighted by atomic mass is 10.2. The van der Waals surface area contributed by atoms with E-state index in [1.54, 1.807) is 12.1 Å². The van der Waals surface area contributed by atoms with E-state index in [1.807, 2.05) is 12.1 Å². The van der Waals surface area contributed by atoms with Gasteiger partial charge in [0.1, 0.15) is 0 Å². The number of benzene rings is 1. The lowest BCUT2D eigenvalue weighted by Gasteiger charge is -2.05. The van der Waals surface area contributed by atoms with E-state index in [9.17, 15) is 9.59 Å². The first-order chi connectivity index (χ1) is 8.59. The molecule has 18 heavy (non-hydrogen) atoms. The van der Waals surface area contributed by atoms with E-state index in [-0.39, 0.29) is 5.91 Å². The highest BCUT2D eigenvalue weighted by atomic mass is 79.9. The molecule has 2 amide bonds. The number of nitrogens with one attached hydrogen (secondary N) is 2. The third kappa shape index (κ3) is 5.67. The minimum atomic E-state index is -1.02. The van der Waals surface area contributed by atoms with Crippen LogP contribution in [0.1, 0.15) is 23.2 Å². The van der Waals surface area contributed by atoms with Gasteiger partial charge < -0.3 is 15.7 Å². The Kier molecular flexibility index (Phi) is 6.21. The molecule has 0 fully saturated rings. The van der Waals surface area contributed by atoms with Crippen molar-refractivity contribution in [1.82, 2.24) is 10.6 Å². The van der Waals surface area contributed by atoms with Crippen LogP contribution >= 0.6 is 15.9 Å². The number of unbranched alkanes of at least 4 members (excludes halogenated alkanes) is 1. The van der Waals surface area contributed by atoms with Gasteiger partial charge >= 0.3 is 6.09 Å². The largest absolute Gasteiger partial charge is 0.465 e. The molecule has 0 atom stereocenters. The van der Waals surface area contributed by atoms with Gasteiger partial charge in [0.25, 0.3) is 5.91 Å². The van der Waals surface area contributed by atoms with Crippen LogP contribution in [0.25, 0.3) is 0 Å². The Labute approximate surface area is 114 Å². The van der Waals surface area contributed by atoms with Crippen molar-refractivity contribution in [3.05, 3.63) is 34.3 Å². The van der Waals surface area contributed by atoms with E-state index in [1.165, 1.54) is 0 Å². The summed E-state index contributed by atoms with van der Waals surface area (Å²) >= 11 is 3.30. The molecule has 0 unspecified atom stereocenters. The fraction of sp³-hybridized carbons (Fsp3) is 0.333. The average Bonchev–Trinajstić information content (AvgIpc) is 2.34. The molecular formula is C12H15BrN2O3. The fourth-order valence-electron chi connectivity index (χ4n) is 1.35. The zero-order valence-electron chi connectivity index (χ0n) is 9.78. The molecular weight excluding hydrogens is 300 g/mol. The number of amides is 2. The molecule has 0 aliphatic heterocycles. The van der Waals surface area contributed by atoms with Gasteiger partial charge in [-0.25, -0.2) is 4.79 Å². The molecule has 98 valence electrons. The summed E-state index contributed by atoms with van der Waals surface area (Å²) in [7, 11) is 0. The summed E-state index contributed by atoms with van der Waals surface area (Å²) in [5.41, 5.74) is 0.613. The van der Waals surface area contributed by atoms with Crippen LogP contribution in [0.2, 0.25) is 0 Å². The summed E-state index contributed by atoms with van der Waals surface area (Å²) in [6.07, 6.45) is 0.420. The van der Waals surface area contributed by atoms with Crippen molar-refractivity contribution in [3.63, 3.8) is 0 Å². The molecule has 0 bridgehead atoms. The highest BCUT2D eigenvalue weighted by Gasteiger charge is 2.03. The standard InChI is InChI=1S/C12H15BrN2O3/c13-10-5-3-9(4-6-10)11(16)14-7-1-2-8-15-12(17)18/h3-6,15H,1-2,7-8H2,(H,14,16)(H,17,18). The smallest absolute Gasteiger partial charge is 0.404 e. The van der Waals surface area contributed by atoms with Crippen LogP contribution in [0.15, 0.2) is 28.7 Å². The van der Waals surface area contributed by atoms with Crippen LogP contribution in [0.5, 0.6) is 0 Å². The van der Waals surface area contributed by atoms with Gasteiger partial charge in [-0.3, -0.25) is 4.79 Å². The summed E-state index contributed by atoms with van der Waals surface area (Å²) in [6.45, 7) is 0.944. The van der Waals surface area contributed by atoms with Crippen LogP contribution in [-0.2, 0) is 0 Å². The summed E-state index contributed by atoms with van der Waals surface area (Å²) in [4.78, 5) is 21.8. The van der Waals surface area contributed by atoms with Crippen LogP contribution in [0.4, 0.5) is 4.79 Å². The molecule has 1 aromatic rings. The molecule has 0 spiro atoms. The fourth-order valence-corrected chi connectivity index (χ4v) is 1.61. The Bertz CT molecular complexity index is 406. The van der Waals surface area contributed by atoms with Crippen molar-refractivity contribution in [2.24, 2.45) is 0 Å². The molecule has 6 heteroatoms. The number of carbonyl (C=O) groups excluding carboxylic acids is 1. The van der Waals surface area contributed by atoms with E-state index in [0.717, 1.165) is 10.9 Å². The number of carbonyl (C=O) groups is 2. The summed E-state index contributed by atoms with van der Waals surface area (Å²) in [5.74, 6) is -0.117. The van der Waals surface area contributed by atoms with Gasteiger partial charge in [-0.05, 0) is 37.1 Å².